The van der Waals surface area contributed by atoms with Gasteiger partial charge in [0.25, 0.3) is 5.91 Å². The van der Waals surface area contributed by atoms with E-state index >= 15 is 0 Å². The number of fused-ring (bicyclic) bond motifs is 1. The molecule has 0 saturated heterocycles. The highest BCUT2D eigenvalue weighted by atomic mass is 35.5. The lowest BCUT2D eigenvalue weighted by Crippen LogP contribution is -2.44. The fourth-order valence-electron chi connectivity index (χ4n) is 2.89. The number of carbonyl (C=O) groups excluding carboxylic acids is 2. The van der Waals surface area contributed by atoms with Gasteiger partial charge in [0, 0.05) is 23.3 Å². The Bertz CT molecular complexity index is 889. The molecule has 2 amide bonds. The smallest absolute Gasteiger partial charge is 0.263 e. The summed E-state index contributed by atoms with van der Waals surface area (Å²) in [4.78, 5) is 26.6. The van der Waals surface area contributed by atoms with E-state index in [1.807, 2.05) is 0 Å². The number of likely N-dealkylation sites (N-methyl/N-ethyl adjacent to an activating group) is 1. The minimum Gasteiger partial charge on any atom is -0.486 e. The van der Waals surface area contributed by atoms with E-state index in [2.05, 4.69) is 5.32 Å². The summed E-state index contributed by atoms with van der Waals surface area (Å²) in [6.45, 7) is 4.70. The molecular formula is C21H23ClN2O5. The molecule has 3 rings (SSSR count). The Kier molecular flexibility index (Phi) is 6.82. The molecule has 0 radical (unpaired) electrons. The number of hydrogen-bond acceptors (Lipinski definition) is 5. The molecule has 2 aromatic rings. The van der Waals surface area contributed by atoms with Crippen molar-refractivity contribution in [2.45, 2.75) is 20.0 Å². The van der Waals surface area contributed by atoms with E-state index in [1.54, 1.807) is 56.3 Å². The third kappa shape index (κ3) is 5.54. The van der Waals surface area contributed by atoms with Crippen molar-refractivity contribution in [1.29, 1.82) is 0 Å². The third-order valence-electron chi connectivity index (χ3n) is 4.31. The molecule has 1 atom stereocenters. The molecule has 0 bridgehead atoms. The Morgan fingerprint density at radius 2 is 1.93 bits per heavy atom. The van der Waals surface area contributed by atoms with Crippen LogP contribution in [0.15, 0.2) is 42.5 Å². The molecule has 0 aliphatic carbocycles. The highest BCUT2D eigenvalue weighted by Crippen LogP contribution is 2.32. The molecule has 154 valence electrons. The lowest BCUT2D eigenvalue weighted by Gasteiger charge is -2.24. The normalized spacial score (nSPS) is 13.3. The van der Waals surface area contributed by atoms with Crippen molar-refractivity contribution in [1.82, 2.24) is 4.90 Å². The van der Waals surface area contributed by atoms with Gasteiger partial charge in [-0.1, -0.05) is 17.7 Å². The molecule has 0 spiro atoms. The summed E-state index contributed by atoms with van der Waals surface area (Å²) in [7, 11) is 0. The molecule has 1 heterocycles. The minimum absolute atomic E-state index is 0.0903. The second-order valence-electron chi connectivity index (χ2n) is 6.48. The molecule has 2 aromatic carbocycles. The minimum atomic E-state index is -0.754. The molecule has 1 unspecified atom stereocenters. The first kappa shape index (κ1) is 20.8. The number of ether oxygens (including phenoxy) is 3. The van der Waals surface area contributed by atoms with E-state index in [9.17, 15) is 9.59 Å². The van der Waals surface area contributed by atoms with Crippen LogP contribution in [0.2, 0.25) is 5.02 Å². The fourth-order valence-corrected chi connectivity index (χ4v) is 3.07. The average Bonchev–Trinajstić information content (AvgIpc) is 2.71. The zero-order chi connectivity index (χ0) is 20.8. The zero-order valence-corrected chi connectivity index (χ0v) is 17.1. The van der Waals surface area contributed by atoms with E-state index in [0.717, 1.165) is 0 Å². The Hall–Kier alpha value is -2.93. The van der Waals surface area contributed by atoms with Crippen molar-refractivity contribution in [3.8, 4) is 17.2 Å². The van der Waals surface area contributed by atoms with Crippen molar-refractivity contribution >= 4 is 29.1 Å². The monoisotopic (exact) mass is 418 g/mol. The summed E-state index contributed by atoms with van der Waals surface area (Å²) in [6, 6.07) is 12.0. The number of anilines is 1. The number of rotatable bonds is 7. The van der Waals surface area contributed by atoms with Gasteiger partial charge in [-0.05, 0) is 44.2 Å². The number of nitrogens with one attached hydrogen (secondary N) is 1. The van der Waals surface area contributed by atoms with E-state index in [1.165, 1.54) is 4.90 Å². The van der Waals surface area contributed by atoms with Crippen LogP contribution in [0.5, 0.6) is 17.2 Å². The molecular weight excluding hydrogens is 396 g/mol. The number of halogens is 1. The standard InChI is InChI=1S/C21H23ClN2O5/c1-3-24(21(26)14(2)29-17-6-4-5-15(22)11-17)13-20(25)23-16-7-8-18-19(12-16)28-10-9-27-18/h4-8,11-12,14H,3,9-10,13H2,1-2H3,(H,23,25). The molecule has 8 heteroatoms. The molecule has 29 heavy (non-hydrogen) atoms. The number of carbonyl (C=O) groups is 2. The van der Waals surface area contributed by atoms with Crippen LogP contribution in [0.1, 0.15) is 13.8 Å². The Morgan fingerprint density at radius 1 is 1.17 bits per heavy atom. The van der Waals surface area contributed by atoms with Crippen LogP contribution in [-0.2, 0) is 9.59 Å². The summed E-state index contributed by atoms with van der Waals surface area (Å²) in [5, 5.41) is 3.30. The van der Waals surface area contributed by atoms with Gasteiger partial charge in [0.1, 0.15) is 19.0 Å². The summed E-state index contributed by atoms with van der Waals surface area (Å²) >= 11 is 5.94. The first-order valence-electron chi connectivity index (χ1n) is 9.36. The van der Waals surface area contributed by atoms with E-state index in [0.29, 0.717) is 47.7 Å². The van der Waals surface area contributed by atoms with Crippen LogP contribution in [0.25, 0.3) is 0 Å². The van der Waals surface area contributed by atoms with Gasteiger partial charge in [0.05, 0.1) is 6.54 Å². The van der Waals surface area contributed by atoms with Crippen LogP contribution in [0.3, 0.4) is 0 Å². The number of nitrogens with zero attached hydrogens (tertiary/aromatic N) is 1. The highest BCUT2D eigenvalue weighted by molar-refractivity contribution is 6.30. The molecule has 0 fully saturated rings. The molecule has 1 aliphatic rings. The first-order chi connectivity index (χ1) is 14.0. The van der Waals surface area contributed by atoms with Gasteiger partial charge in [0.15, 0.2) is 17.6 Å². The van der Waals surface area contributed by atoms with E-state index in [4.69, 9.17) is 25.8 Å². The van der Waals surface area contributed by atoms with Crippen LogP contribution in [-0.4, -0.2) is 49.1 Å². The molecule has 0 saturated carbocycles. The summed E-state index contributed by atoms with van der Waals surface area (Å²) in [5.41, 5.74) is 0.575. The van der Waals surface area contributed by atoms with Crippen molar-refractivity contribution in [2.75, 3.05) is 31.6 Å². The second kappa shape index (κ2) is 9.52. The van der Waals surface area contributed by atoms with Gasteiger partial charge >= 0.3 is 0 Å². The summed E-state index contributed by atoms with van der Waals surface area (Å²) < 4.78 is 16.6. The average molecular weight is 419 g/mol. The summed E-state index contributed by atoms with van der Waals surface area (Å²) in [6.07, 6.45) is -0.754. The maximum absolute atomic E-state index is 12.7. The van der Waals surface area contributed by atoms with Gasteiger partial charge in [-0.25, -0.2) is 0 Å². The Labute approximate surface area is 174 Å². The quantitative estimate of drug-likeness (QED) is 0.746. The summed E-state index contributed by atoms with van der Waals surface area (Å²) in [5.74, 6) is 1.12. The lowest BCUT2D eigenvalue weighted by molar-refractivity contribution is -0.140. The number of amides is 2. The predicted molar refractivity (Wildman–Crippen MR) is 110 cm³/mol. The van der Waals surface area contributed by atoms with Gasteiger partial charge in [0.2, 0.25) is 5.91 Å². The zero-order valence-electron chi connectivity index (χ0n) is 16.3. The van der Waals surface area contributed by atoms with Gasteiger partial charge < -0.3 is 24.4 Å². The van der Waals surface area contributed by atoms with Crippen LogP contribution < -0.4 is 19.5 Å². The largest absolute Gasteiger partial charge is 0.486 e. The SMILES string of the molecule is CCN(CC(=O)Nc1ccc2c(c1)OCCO2)C(=O)C(C)Oc1cccc(Cl)c1. The van der Waals surface area contributed by atoms with Crippen LogP contribution in [0.4, 0.5) is 5.69 Å². The van der Waals surface area contributed by atoms with E-state index < -0.39 is 6.10 Å². The van der Waals surface area contributed by atoms with Gasteiger partial charge in [-0.2, -0.15) is 0 Å². The van der Waals surface area contributed by atoms with Gasteiger partial charge in [-0.3, -0.25) is 9.59 Å². The van der Waals surface area contributed by atoms with Crippen LogP contribution in [0, 0.1) is 0 Å². The van der Waals surface area contributed by atoms with Gasteiger partial charge in [-0.15, -0.1) is 0 Å². The Balaban J connectivity index is 1.58. The molecule has 1 N–H and O–H groups in total. The maximum atomic E-state index is 12.7. The first-order valence-corrected chi connectivity index (χ1v) is 9.74. The fraction of sp³-hybridized carbons (Fsp3) is 0.333. The highest BCUT2D eigenvalue weighted by Gasteiger charge is 2.23. The number of benzene rings is 2. The topological polar surface area (TPSA) is 77.1 Å². The molecule has 7 nitrogen and oxygen atoms in total. The lowest BCUT2D eigenvalue weighted by atomic mass is 10.2. The Morgan fingerprint density at radius 3 is 2.66 bits per heavy atom. The third-order valence-corrected chi connectivity index (χ3v) is 4.55. The van der Waals surface area contributed by atoms with Crippen molar-refractivity contribution in [2.24, 2.45) is 0 Å². The number of hydrogen-bond donors (Lipinski definition) is 1. The second-order valence-corrected chi connectivity index (χ2v) is 6.91. The predicted octanol–water partition coefficient (Wildman–Crippen LogP) is 3.37. The molecule has 0 aromatic heterocycles. The molecule has 1 aliphatic heterocycles. The van der Waals surface area contributed by atoms with Crippen molar-refractivity contribution in [3.05, 3.63) is 47.5 Å². The van der Waals surface area contributed by atoms with Crippen molar-refractivity contribution < 1.29 is 23.8 Å². The van der Waals surface area contributed by atoms with E-state index in [-0.39, 0.29) is 18.4 Å². The van der Waals surface area contributed by atoms with Crippen molar-refractivity contribution in [3.63, 3.8) is 0 Å². The maximum Gasteiger partial charge on any atom is 0.263 e. The van der Waals surface area contributed by atoms with Crippen LogP contribution >= 0.6 is 11.6 Å².